The minimum absolute atomic E-state index is 0.876. The van der Waals surface area contributed by atoms with Gasteiger partial charge in [-0.25, -0.2) is 0 Å². The molecule has 2 nitrogen and oxygen atoms in total. The lowest BCUT2D eigenvalue weighted by Crippen LogP contribution is -2.49. The summed E-state index contributed by atoms with van der Waals surface area (Å²) >= 11 is 0. The molecule has 0 radical (unpaired) electrons. The Morgan fingerprint density at radius 2 is 1.93 bits per heavy atom. The summed E-state index contributed by atoms with van der Waals surface area (Å²) in [4.78, 5) is 2.85. The zero-order chi connectivity index (χ0) is 9.38. The first-order chi connectivity index (χ1) is 6.95. The van der Waals surface area contributed by atoms with Gasteiger partial charge in [-0.1, -0.05) is 6.42 Å². The van der Waals surface area contributed by atoms with E-state index in [4.69, 9.17) is 0 Å². The minimum atomic E-state index is 0.876. The molecule has 80 valence electrons. The number of hydrogen-bond acceptors (Lipinski definition) is 2. The van der Waals surface area contributed by atoms with Gasteiger partial charge in [0, 0.05) is 18.6 Å². The number of nitrogens with zero attached hydrogens (tertiary/aromatic N) is 1. The number of fused-ring (bicyclic) bond motifs is 1. The maximum atomic E-state index is 3.51. The summed E-state index contributed by atoms with van der Waals surface area (Å²) in [6, 6.07) is 1.84. The number of likely N-dealkylation sites (tertiary alicyclic amines) is 1. The maximum absolute atomic E-state index is 3.51. The molecular weight excluding hydrogens is 172 g/mol. The third-order valence-electron chi connectivity index (χ3n) is 4.54. The molecule has 1 saturated carbocycles. The number of nitrogens with one attached hydrogen (secondary N) is 1. The summed E-state index contributed by atoms with van der Waals surface area (Å²) in [6.07, 6.45) is 8.86. The van der Waals surface area contributed by atoms with Gasteiger partial charge in [-0.3, -0.25) is 4.90 Å². The fraction of sp³-hybridized carbons (Fsp3) is 1.00. The second kappa shape index (κ2) is 3.82. The Kier molecular flexibility index (Phi) is 2.50. The van der Waals surface area contributed by atoms with Gasteiger partial charge in [0.05, 0.1) is 0 Å². The fourth-order valence-corrected chi connectivity index (χ4v) is 3.87. The molecule has 3 rings (SSSR count). The molecule has 1 aliphatic carbocycles. The predicted octanol–water partition coefficient (Wildman–Crippen LogP) is 1.61. The van der Waals surface area contributed by atoms with Crippen LogP contribution in [0.15, 0.2) is 0 Å². The van der Waals surface area contributed by atoms with Crippen LogP contribution in [0.25, 0.3) is 0 Å². The zero-order valence-corrected chi connectivity index (χ0v) is 9.04. The zero-order valence-electron chi connectivity index (χ0n) is 9.04. The normalized spacial score (nSPS) is 44.1. The van der Waals surface area contributed by atoms with Crippen LogP contribution in [0.1, 0.15) is 38.5 Å². The Labute approximate surface area is 87.0 Å². The molecule has 3 unspecified atom stereocenters. The molecule has 2 saturated heterocycles. The molecule has 0 aromatic carbocycles. The van der Waals surface area contributed by atoms with Gasteiger partial charge >= 0.3 is 0 Å². The van der Waals surface area contributed by atoms with E-state index < -0.39 is 0 Å². The third-order valence-corrected chi connectivity index (χ3v) is 4.54. The first kappa shape index (κ1) is 9.17. The second-order valence-electron chi connectivity index (χ2n) is 5.29. The van der Waals surface area contributed by atoms with E-state index in [0.717, 1.165) is 18.0 Å². The average Bonchev–Trinajstić information content (AvgIpc) is 2.88. The van der Waals surface area contributed by atoms with E-state index in [0.29, 0.717) is 0 Å². The van der Waals surface area contributed by atoms with Crippen LogP contribution in [0, 0.1) is 5.92 Å². The van der Waals surface area contributed by atoms with Gasteiger partial charge < -0.3 is 5.32 Å². The highest BCUT2D eigenvalue weighted by atomic mass is 15.2. The van der Waals surface area contributed by atoms with E-state index >= 15 is 0 Å². The summed E-state index contributed by atoms with van der Waals surface area (Å²) in [7, 11) is 0. The molecule has 2 aliphatic heterocycles. The van der Waals surface area contributed by atoms with Gasteiger partial charge in [-0.05, 0) is 51.1 Å². The summed E-state index contributed by atoms with van der Waals surface area (Å²) in [6.45, 7) is 3.88. The van der Waals surface area contributed by atoms with Gasteiger partial charge in [0.2, 0.25) is 0 Å². The molecule has 2 heterocycles. The Morgan fingerprint density at radius 3 is 2.79 bits per heavy atom. The van der Waals surface area contributed by atoms with E-state index in [9.17, 15) is 0 Å². The van der Waals surface area contributed by atoms with E-state index in [1.54, 1.807) is 0 Å². The van der Waals surface area contributed by atoms with E-state index in [2.05, 4.69) is 10.2 Å². The summed E-state index contributed by atoms with van der Waals surface area (Å²) in [5.74, 6) is 1.06. The van der Waals surface area contributed by atoms with Crippen LogP contribution in [-0.2, 0) is 0 Å². The predicted molar refractivity (Wildman–Crippen MR) is 58.3 cm³/mol. The molecule has 2 heteroatoms. The highest BCUT2D eigenvalue weighted by Crippen LogP contribution is 2.38. The molecule has 0 spiro atoms. The molecule has 0 amide bonds. The molecule has 3 aliphatic rings. The Bertz CT molecular complexity index is 198. The van der Waals surface area contributed by atoms with Gasteiger partial charge in [0.25, 0.3) is 0 Å². The Hall–Kier alpha value is -0.0800. The van der Waals surface area contributed by atoms with Crippen molar-refractivity contribution in [2.24, 2.45) is 5.92 Å². The fourth-order valence-electron chi connectivity index (χ4n) is 3.87. The summed E-state index contributed by atoms with van der Waals surface area (Å²) in [5, 5.41) is 3.51. The molecule has 1 N–H and O–H groups in total. The first-order valence-electron chi connectivity index (χ1n) is 6.41. The van der Waals surface area contributed by atoms with Crippen LogP contribution in [0.5, 0.6) is 0 Å². The van der Waals surface area contributed by atoms with Crippen molar-refractivity contribution < 1.29 is 0 Å². The largest absolute Gasteiger partial charge is 0.315 e. The van der Waals surface area contributed by atoms with Crippen molar-refractivity contribution in [3.8, 4) is 0 Å². The van der Waals surface area contributed by atoms with Crippen LogP contribution in [0.2, 0.25) is 0 Å². The highest BCUT2D eigenvalue weighted by Gasteiger charge is 2.38. The molecule has 0 aromatic rings. The molecule has 0 bridgehead atoms. The van der Waals surface area contributed by atoms with Crippen molar-refractivity contribution in [2.45, 2.75) is 50.6 Å². The topological polar surface area (TPSA) is 15.3 Å². The van der Waals surface area contributed by atoms with Crippen molar-refractivity contribution in [1.29, 1.82) is 0 Å². The van der Waals surface area contributed by atoms with Crippen molar-refractivity contribution in [2.75, 3.05) is 19.6 Å². The van der Waals surface area contributed by atoms with Crippen molar-refractivity contribution in [3.05, 3.63) is 0 Å². The van der Waals surface area contributed by atoms with Crippen molar-refractivity contribution >= 4 is 0 Å². The summed E-state index contributed by atoms with van der Waals surface area (Å²) in [5.41, 5.74) is 0. The van der Waals surface area contributed by atoms with E-state index in [-0.39, 0.29) is 0 Å². The molecule has 3 fully saturated rings. The minimum Gasteiger partial charge on any atom is -0.315 e. The maximum Gasteiger partial charge on any atom is 0.0235 e. The molecular formula is C12H22N2. The van der Waals surface area contributed by atoms with Crippen molar-refractivity contribution in [1.82, 2.24) is 10.2 Å². The lowest BCUT2D eigenvalue weighted by molar-refractivity contribution is 0.0752. The van der Waals surface area contributed by atoms with Crippen LogP contribution in [-0.4, -0.2) is 36.6 Å². The SMILES string of the molecule is C1CC2CCCN(C3CCNC3)C2C1. The highest BCUT2D eigenvalue weighted by molar-refractivity contribution is 4.94. The van der Waals surface area contributed by atoms with Gasteiger partial charge in [0.1, 0.15) is 0 Å². The number of piperidine rings is 1. The molecule has 14 heavy (non-hydrogen) atoms. The first-order valence-corrected chi connectivity index (χ1v) is 6.41. The Balaban J connectivity index is 1.70. The van der Waals surface area contributed by atoms with Crippen molar-refractivity contribution in [3.63, 3.8) is 0 Å². The molecule has 0 aromatic heterocycles. The quantitative estimate of drug-likeness (QED) is 0.682. The molecule has 3 atom stereocenters. The standard InChI is InChI=1S/C12H22N2/c1-3-10-4-2-8-14(12(10)5-1)11-6-7-13-9-11/h10-13H,1-9H2. The van der Waals surface area contributed by atoms with Crippen LogP contribution in [0.4, 0.5) is 0 Å². The van der Waals surface area contributed by atoms with E-state index in [1.165, 1.54) is 58.2 Å². The lowest BCUT2D eigenvalue weighted by Gasteiger charge is -2.41. The summed E-state index contributed by atoms with van der Waals surface area (Å²) < 4.78 is 0. The van der Waals surface area contributed by atoms with Gasteiger partial charge in [0.15, 0.2) is 0 Å². The van der Waals surface area contributed by atoms with Crippen LogP contribution >= 0.6 is 0 Å². The van der Waals surface area contributed by atoms with E-state index in [1.807, 2.05) is 0 Å². The Morgan fingerprint density at radius 1 is 1.00 bits per heavy atom. The smallest absolute Gasteiger partial charge is 0.0235 e. The van der Waals surface area contributed by atoms with Gasteiger partial charge in [-0.2, -0.15) is 0 Å². The third kappa shape index (κ3) is 1.49. The van der Waals surface area contributed by atoms with Crippen LogP contribution in [0.3, 0.4) is 0 Å². The lowest BCUT2D eigenvalue weighted by atomic mass is 9.90. The average molecular weight is 194 g/mol. The number of rotatable bonds is 1. The van der Waals surface area contributed by atoms with Gasteiger partial charge in [-0.15, -0.1) is 0 Å². The van der Waals surface area contributed by atoms with Crippen LogP contribution < -0.4 is 5.32 Å². The second-order valence-corrected chi connectivity index (χ2v) is 5.29. The number of hydrogen-bond donors (Lipinski definition) is 1. The monoisotopic (exact) mass is 194 g/mol.